The van der Waals surface area contributed by atoms with Gasteiger partial charge in [0.05, 0.1) is 0 Å². The van der Waals surface area contributed by atoms with E-state index in [1.54, 1.807) is 0 Å². The van der Waals surface area contributed by atoms with Crippen molar-refractivity contribution >= 4 is 0 Å². The van der Waals surface area contributed by atoms with Crippen molar-refractivity contribution in [2.45, 2.75) is 19.3 Å². The fourth-order valence-corrected chi connectivity index (χ4v) is 3.27. The van der Waals surface area contributed by atoms with Gasteiger partial charge in [0, 0.05) is 0 Å². The Morgan fingerprint density at radius 1 is 0.478 bits per heavy atom. The van der Waals surface area contributed by atoms with Crippen molar-refractivity contribution in [3.05, 3.63) is 115 Å². The quantitative estimate of drug-likeness (QED) is 0.561. The van der Waals surface area contributed by atoms with Crippen LogP contribution in [-0.2, 0) is 19.3 Å². The molecule has 0 aliphatic carbocycles. The van der Waals surface area contributed by atoms with Crippen molar-refractivity contribution in [2.24, 2.45) is 5.41 Å². The summed E-state index contributed by atoms with van der Waals surface area (Å²) in [7, 11) is 0. The van der Waals surface area contributed by atoms with Gasteiger partial charge in [0.15, 0.2) is 0 Å². The molecule has 0 aliphatic rings. The fourth-order valence-electron chi connectivity index (χ4n) is 3.27. The lowest BCUT2D eigenvalue weighted by Gasteiger charge is -2.30. The largest absolute Gasteiger partial charge is 0.0622 e. The number of hydrogen-bond acceptors (Lipinski definition) is 0. The third kappa shape index (κ3) is 4.56. The maximum atomic E-state index is 4.66. The fraction of sp³-hybridized carbons (Fsp3) is 0.174. The highest BCUT2D eigenvalue weighted by molar-refractivity contribution is 5.25. The Labute approximate surface area is 139 Å². The van der Waals surface area contributed by atoms with Crippen molar-refractivity contribution < 1.29 is 0 Å². The molecule has 0 unspecified atom stereocenters. The summed E-state index contributed by atoms with van der Waals surface area (Å²) in [6, 6.07) is 32.1. The van der Waals surface area contributed by atoms with Crippen LogP contribution in [0.15, 0.2) is 91.0 Å². The average molecular weight is 299 g/mol. The van der Waals surface area contributed by atoms with Gasteiger partial charge in [-0.25, -0.2) is 0 Å². The molecule has 115 valence electrons. The number of rotatable bonds is 6. The van der Waals surface area contributed by atoms with E-state index in [2.05, 4.69) is 97.9 Å². The zero-order valence-corrected chi connectivity index (χ0v) is 13.5. The number of benzene rings is 3. The van der Waals surface area contributed by atoms with E-state index in [4.69, 9.17) is 0 Å². The molecule has 3 aromatic rings. The van der Waals surface area contributed by atoms with Crippen LogP contribution >= 0.6 is 0 Å². The van der Waals surface area contributed by atoms with E-state index in [1.165, 1.54) is 16.7 Å². The molecule has 0 fully saturated rings. The van der Waals surface area contributed by atoms with Crippen molar-refractivity contribution in [1.82, 2.24) is 0 Å². The highest BCUT2D eigenvalue weighted by Gasteiger charge is 2.25. The monoisotopic (exact) mass is 299 g/mol. The molecule has 0 N–H and O–H groups in total. The molecule has 0 saturated heterocycles. The lowest BCUT2D eigenvalue weighted by molar-refractivity contribution is 0.368. The molecule has 23 heavy (non-hydrogen) atoms. The summed E-state index contributed by atoms with van der Waals surface area (Å²) in [5, 5.41) is 0. The summed E-state index contributed by atoms with van der Waals surface area (Å²) in [5.41, 5.74) is 4.03. The molecule has 0 heteroatoms. The first-order valence-corrected chi connectivity index (χ1v) is 8.21. The molecule has 1 radical (unpaired) electrons. The van der Waals surface area contributed by atoms with Crippen LogP contribution in [-0.4, -0.2) is 0 Å². The van der Waals surface area contributed by atoms with Gasteiger partial charge < -0.3 is 0 Å². The van der Waals surface area contributed by atoms with Crippen LogP contribution < -0.4 is 0 Å². The maximum Gasteiger partial charge on any atom is -0.0176 e. The number of hydrogen-bond donors (Lipinski definition) is 0. The van der Waals surface area contributed by atoms with Crippen molar-refractivity contribution in [1.29, 1.82) is 0 Å². The Kier molecular flexibility index (Phi) is 4.92. The lowest BCUT2D eigenvalue weighted by atomic mass is 9.74. The van der Waals surface area contributed by atoms with E-state index < -0.39 is 0 Å². The van der Waals surface area contributed by atoms with Gasteiger partial charge in [0.25, 0.3) is 0 Å². The van der Waals surface area contributed by atoms with Crippen molar-refractivity contribution in [3.63, 3.8) is 0 Å². The highest BCUT2D eigenvalue weighted by atomic mass is 14.3. The summed E-state index contributed by atoms with van der Waals surface area (Å²) in [5.74, 6) is 0. The Morgan fingerprint density at radius 2 is 0.739 bits per heavy atom. The molecule has 0 heterocycles. The molecule has 0 atom stereocenters. The Morgan fingerprint density at radius 3 is 1.00 bits per heavy atom. The van der Waals surface area contributed by atoms with Gasteiger partial charge in [0.1, 0.15) is 0 Å². The maximum absolute atomic E-state index is 4.66. The normalized spacial score (nSPS) is 11.3. The summed E-state index contributed by atoms with van der Waals surface area (Å²) in [4.78, 5) is 0. The van der Waals surface area contributed by atoms with Gasteiger partial charge in [-0.15, -0.1) is 0 Å². The van der Waals surface area contributed by atoms with Crippen LogP contribution in [0.5, 0.6) is 0 Å². The topological polar surface area (TPSA) is 0 Å². The molecule has 0 amide bonds. The van der Waals surface area contributed by atoms with Crippen LogP contribution in [0, 0.1) is 12.3 Å². The summed E-state index contributed by atoms with van der Waals surface area (Å²) in [6.07, 6.45) is 2.95. The molecule has 3 aromatic carbocycles. The first-order valence-electron chi connectivity index (χ1n) is 8.21. The summed E-state index contributed by atoms with van der Waals surface area (Å²) in [6.45, 7) is 4.66. The first kappa shape index (κ1) is 15.6. The first-order chi connectivity index (χ1) is 11.2. The Hall–Kier alpha value is -2.34. The van der Waals surface area contributed by atoms with Gasteiger partial charge in [0.2, 0.25) is 0 Å². The minimum atomic E-state index is -0.0376. The smallest absolute Gasteiger partial charge is 0.0176 e. The molecule has 0 aliphatic heterocycles. The van der Waals surface area contributed by atoms with Gasteiger partial charge in [-0.2, -0.15) is 0 Å². The predicted octanol–water partition coefficient (Wildman–Crippen LogP) is 5.53. The zero-order chi connectivity index (χ0) is 16.0. The molecule has 0 aromatic heterocycles. The van der Waals surface area contributed by atoms with E-state index in [0.717, 1.165) is 19.3 Å². The van der Waals surface area contributed by atoms with Gasteiger partial charge in [-0.1, -0.05) is 91.0 Å². The minimum Gasteiger partial charge on any atom is -0.0622 e. The van der Waals surface area contributed by atoms with Crippen LogP contribution in [0.25, 0.3) is 0 Å². The molecular formula is C23H23. The van der Waals surface area contributed by atoms with E-state index in [-0.39, 0.29) is 5.41 Å². The van der Waals surface area contributed by atoms with Crippen LogP contribution in [0.3, 0.4) is 0 Å². The van der Waals surface area contributed by atoms with E-state index >= 15 is 0 Å². The molecule has 3 rings (SSSR count). The second-order valence-electron chi connectivity index (χ2n) is 6.49. The third-order valence-corrected chi connectivity index (χ3v) is 4.27. The molecule has 0 bridgehead atoms. The minimum absolute atomic E-state index is 0.0376. The van der Waals surface area contributed by atoms with E-state index in [9.17, 15) is 0 Å². The van der Waals surface area contributed by atoms with Crippen LogP contribution in [0.2, 0.25) is 0 Å². The van der Waals surface area contributed by atoms with Gasteiger partial charge in [-0.05, 0) is 48.3 Å². The second kappa shape index (κ2) is 7.28. The molecule has 0 spiro atoms. The molecule has 0 nitrogen and oxygen atoms in total. The zero-order valence-electron chi connectivity index (χ0n) is 13.5. The SMILES string of the molecule is [CH2]C(Cc1ccccc1)(Cc1ccccc1)Cc1ccccc1. The summed E-state index contributed by atoms with van der Waals surface area (Å²) < 4.78 is 0. The molecule has 0 saturated carbocycles. The summed E-state index contributed by atoms with van der Waals surface area (Å²) >= 11 is 0. The standard InChI is InChI=1S/C23H23/c1-23(17-20-11-5-2-6-12-20,18-21-13-7-3-8-14-21)19-22-15-9-4-10-16-22/h2-16H,1,17-19H2. The third-order valence-electron chi connectivity index (χ3n) is 4.27. The van der Waals surface area contributed by atoms with E-state index in [0.29, 0.717) is 0 Å². The van der Waals surface area contributed by atoms with Gasteiger partial charge >= 0.3 is 0 Å². The predicted molar refractivity (Wildman–Crippen MR) is 98.2 cm³/mol. The average Bonchev–Trinajstić information content (AvgIpc) is 2.57. The highest BCUT2D eigenvalue weighted by Crippen LogP contribution is 2.31. The Bertz CT molecular complexity index is 597. The van der Waals surface area contributed by atoms with Gasteiger partial charge in [-0.3, -0.25) is 0 Å². The van der Waals surface area contributed by atoms with Crippen LogP contribution in [0.4, 0.5) is 0 Å². The van der Waals surface area contributed by atoms with E-state index in [1.807, 2.05) is 0 Å². The molecular weight excluding hydrogens is 276 g/mol. The van der Waals surface area contributed by atoms with Crippen LogP contribution in [0.1, 0.15) is 16.7 Å². The second-order valence-corrected chi connectivity index (χ2v) is 6.49. The lowest BCUT2D eigenvalue weighted by Crippen LogP contribution is -2.26. The van der Waals surface area contributed by atoms with Crippen molar-refractivity contribution in [3.8, 4) is 0 Å². The van der Waals surface area contributed by atoms with Crippen molar-refractivity contribution in [2.75, 3.05) is 0 Å². The Balaban J connectivity index is 1.85.